The zero-order valence-corrected chi connectivity index (χ0v) is 11.6. The summed E-state index contributed by atoms with van der Waals surface area (Å²) in [6.45, 7) is 6.56. The molecule has 1 N–H and O–H groups in total. The maximum atomic E-state index is 11.3. The number of amides is 1. The van der Waals surface area contributed by atoms with Crippen molar-refractivity contribution in [2.45, 2.75) is 32.7 Å². The second kappa shape index (κ2) is 5.46. The Morgan fingerprint density at radius 3 is 2.61 bits per heavy atom. The topological polar surface area (TPSA) is 35.6 Å². The predicted molar refractivity (Wildman–Crippen MR) is 72.9 cm³/mol. The number of hydrogen-bond acceptors (Lipinski definition) is 3. The molecule has 1 fully saturated rings. The van der Waals surface area contributed by atoms with E-state index >= 15 is 0 Å². The fourth-order valence-corrected chi connectivity index (χ4v) is 2.68. The van der Waals surface area contributed by atoms with E-state index in [4.69, 9.17) is 0 Å². The van der Waals surface area contributed by atoms with E-state index in [1.165, 1.54) is 11.3 Å². The van der Waals surface area contributed by atoms with E-state index in [9.17, 15) is 4.79 Å². The van der Waals surface area contributed by atoms with Crippen LogP contribution in [0.15, 0.2) is 23.5 Å². The van der Waals surface area contributed by atoms with Crippen molar-refractivity contribution < 1.29 is 4.79 Å². The monoisotopic (exact) mass is 249 g/mol. The largest absolute Gasteiger partial charge is 0.381 e. The summed E-state index contributed by atoms with van der Waals surface area (Å²) < 4.78 is 0. The molecule has 0 radical (unpaired) electrons. The molecule has 100 valence electrons. The van der Waals surface area contributed by atoms with Crippen LogP contribution in [0, 0.1) is 0 Å². The van der Waals surface area contributed by atoms with E-state index < -0.39 is 0 Å². The predicted octanol–water partition coefficient (Wildman–Crippen LogP) is 1.32. The van der Waals surface area contributed by atoms with Crippen LogP contribution in [0.25, 0.3) is 0 Å². The summed E-state index contributed by atoms with van der Waals surface area (Å²) in [6, 6.07) is 0.488. The van der Waals surface area contributed by atoms with Crippen molar-refractivity contribution in [3.63, 3.8) is 0 Å². The average molecular weight is 249 g/mol. The van der Waals surface area contributed by atoms with Gasteiger partial charge in [0, 0.05) is 45.8 Å². The van der Waals surface area contributed by atoms with Crippen LogP contribution in [0.3, 0.4) is 0 Å². The van der Waals surface area contributed by atoms with E-state index in [0.29, 0.717) is 6.04 Å². The third-order valence-corrected chi connectivity index (χ3v) is 3.57. The summed E-state index contributed by atoms with van der Waals surface area (Å²) >= 11 is 0. The molecule has 0 unspecified atom stereocenters. The first-order valence-electron chi connectivity index (χ1n) is 6.66. The van der Waals surface area contributed by atoms with Gasteiger partial charge in [0.25, 0.3) is 0 Å². The number of likely N-dealkylation sites (N-methyl/N-ethyl adjacent to an activating group) is 1. The van der Waals surface area contributed by atoms with Crippen molar-refractivity contribution in [3.05, 3.63) is 23.5 Å². The molecule has 18 heavy (non-hydrogen) atoms. The van der Waals surface area contributed by atoms with E-state index in [1.807, 2.05) is 4.90 Å². The molecule has 0 spiro atoms. The van der Waals surface area contributed by atoms with Crippen LogP contribution in [-0.4, -0.2) is 48.4 Å². The maximum absolute atomic E-state index is 11.3. The van der Waals surface area contributed by atoms with Crippen molar-refractivity contribution in [1.82, 2.24) is 15.1 Å². The standard InChI is InChI=1S/C14H23N3O/c1-11-8-14(10-16(3)9-11)15-13-4-6-17(7-5-13)12(2)18/h8,10,13,15H,4-7,9H2,1-3H3. The lowest BCUT2D eigenvalue weighted by molar-refractivity contribution is -0.129. The van der Waals surface area contributed by atoms with E-state index in [2.05, 4.69) is 36.5 Å². The van der Waals surface area contributed by atoms with E-state index in [1.54, 1.807) is 6.92 Å². The SMILES string of the molecule is CC(=O)N1CCC(NC2=CN(C)CC(C)=C2)CC1. The van der Waals surface area contributed by atoms with Gasteiger partial charge in [-0.2, -0.15) is 0 Å². The Bertz CT molecular complexity index is 379. The quantitative estimate of drug-likeness (QED) is 0.802. The van der Waals surface area contributed by atoms with Gasteiger partial charge in [0.15, 0.2) is 0 Å². The third-order valence-electron chi connectivity index (χ3n) is 3.57. The summed E-state index contributed by atoms with van der Waals surface area (Å²) in [6.07, 6.45) is 6.45. The smallest absolute Gasteiger partial charge is 0.219 e. The van der Waals surface area contributed by atoms with Crippen LogP contribution < -0.4 is 5.32 Å². The number of rotatable bonds is 2. The van der Waals surface area contributed by atoms with Gasteiger partial charge < -0.3 is 15.1 Å². The van der Waals surface area contributed by atoms with Gasteiger partial charge in [0.1, 0.15) is 0 Å². The van der Waals surface area contributed by atoms with Crippen molar-refractivity contribution >= 4 is 5.91 Å². The highest BCUT2D eigenvalue weighted by atomic mass is 16.2. The van der Waals surface area contributed by atoms with Gasteiger partial charge in [-0.15, -0.1) is 0 Å². The molecule has 0 atom stereocenters. The summed E-state index contributed by atoms with van der Waals surface area (Å²) in [7, 11) is 2.09. The van der Waals surface area contributed by atoms with Crippen LogP contribution in [0.1, 0.15) is 26.7 Å². The highest BCUT2D eigenvalue weighted by molar-refractivity contribution is 5.73. The number of carbonyl (C=O) groups excluding carboxylic acids is 1. The lowest BCUT2D eigenvalue weighted by atomic mass is 10.0. The first kappa shape index (κ1) is 13.0. The maximum Gasteiger partial charge on any atom is 0.219 e. The highest BCUT2D eigenvalue weighted by Crippen LogP contribution is 2.15. The van der Waals surface area contributed by atoms with Gasteiger partial charge in [0.05, 0.1) is 5.70 Å². The number of hydrogen-bond donors (Lipinski definition) is 1. The first-order valence-corrected chi connectivity index (χ1v) is 6.66. The molecule has 2 rings (SSSR count). The second-order valence-corrected chi connectivity index (χ2v) is 5.41. The third kappa shape index (κ3) is 3.28. The molecule has 4 heteroatoms. The van der Waals surface area contributed by atoms with Crippen molar-refractivity contribution in [2.75, 3.05) is 26.7 Å². The fraction of sp³-hybridized carbons (Fsp3) is 0.643. The molecule has 0 saturated carbocycles. The molecular weight excluding hydrogens is 226 g/mol. The summed E-state index contributed by atoms with van der Waals surface area (Å²) in [5.41, 5.74) is 2.58. The van der Waals surface area contributed by atoms with Gasteiger partial charge in [-0.3, -0.25) is 4.79 Å². The Morgan fingerprint density at radius 1 is 1.39 bits per heavy atom. The van der Waals surface area contributed by atoms with Gasteiger partial charge in [0.2, 0.25) is 5.91 Å². The Hall–Kier alpha value is -1.45. The molecule has 0 aromatic heterocycles. The van der Waals surface area contributed by atoms with Crippen LogP contribution in [0.4, 0.5) is 0 Å². The minimum absolute atomic E-state index is 0.195. The lowest BCUT2D eigenvalue weighted by Gasteiger charge is -2.33. The van der Waals surface area contributed by atoms with Gasteiger partial charge in [-0.25, -0.2) is 0 Å². The Kier molecular flexibility index (Phi) is 3.94. The molecule has 1 saturated heterocycles. The van der Waals surface area contributed by atoms with Crippen LogP contribution in [0.2, 0.25) is 0 Å². The molecule has 1 amide bonds. The molecule has 2 aliphatic heterocycles. The van der Waals surface area contributed by atoms with Crippen LogP contribution >= 0.6 is 0 Å². The summed E-state index contributed by atoms with van der Waals surface area (Å²) in [5.74, 6) is 0.195. The van der Waals surface area contributed by atoms with Gasteiger partial charge in [-0.1, -0.05) is 5.57 Å². The number of carbonyl (C=O) groups is 1. The average Bonchev–Trinajstić information content (AvgIpc) is 2.28. The first-order chi connectivity index (χ1) is 8.54. The molecule has 4 nitrogen and oxygen atoms in total. The molecule has 0 aromatic rings. The van der Waals surface area contributed by atoms with Crippen molar-refractivity contribution in [2.24, 2.45) is 0 Å². The van der Waals surface area contributed by atoms with Crippen molar-refractivity contribution in [3.8, 4) is 0 Å². The Labute approximate surface area is 109 Å². The molecule has 2 heterocycles. The van der Waals surface area contributed by atoms with Gasteiger partial charge >= 0.3 is 0 Å². The lowest BCUT2D eigenvalue weighted by Crippen LogP contribution is -2.44. The molecule has 0 bridgehead atoms. The minimum Gasteiger partial charge on any atom is -0.381 e. The summed E-state index contributed by atoms with van der Waals surface area (Å²) in [4.78, 5) is 15.4. The number of piperidine rings is 1. The number of allylic oxidation sites excluding steroid dienone is 1. The zero-order valence-electron chi connectivity index (χ0n) is 11.6. The molecule has 0 aromatic carbocycles. The molecule has 2 aliphatic rings. The Balaban J connectivity index is 1.87. The number of nitrogens with one attached hydrogen (secondary N) is 1. The summed E-state index contributed by atoms with van der Waals surface area (Å²) in [5, 5.41) is 3.58. The van der Waals surface area contributed by atoms with Crippen LogP contribution in [0.5, 0.6) is 0 Å². The molecular formula is C14H23N3O. The number of likely N-dealkylation sites (tertiary alicyclic amines) is 1. The second-order valence-electron chi connectivity index (χ2n) is 5.41. The number of nitrogens with zero attached hydrogens (tertiary/aromatic N) is 2. The molecule has 0 aliphatic carbocycles. The van der Waals surface area contributed by atoms with E-state index in [-0.39, 0.29) is 5.91 Å². The Morgan fingerprint density at radius 2 is 2.06 bits per heavy atom. The zero-order chi connectivity index (χ0) is 13.1. The highest BCUT2D eigenvalue weighted by Gasteiger charge is 2.21. The van der Waals surface area contributed by atoms with Crippen molar-refractivity contribution in [1.29, 1.82) is 0 Å². The van der Waals surface area contributed by atoms with E-state index in [0.717, 1.165) is 32.5 Å². The van der Waals surface area contributed by atoms with Crippen LogP contribution in [-0.2, 0) is 4.79 Å². The fourth-order valence-electron chi connectivity index (χ4n) is 2.68. The normalized spacial score (nSPS) is 21.5. The minimum atomic E-state index is 0.195. The van der Waals surface area contributed by atoms with Gasteiger partial charge in [-0.05, 0) is 25.8 Å².